The molecule has 1 unspecified atom stereocenters. The molecule has 0 saturated carbocycles. The highest BCUT2D eigenvalue weighted by atomic mass is 79.9. The van der Waals surface area contributed by atoms with Gasteiger partial charge in [0.25, 0.3) is 0 Å². The van der Waals surface area contributed by atoms with Gasteiger partial charge in [-0.25, -0.2) is 4.68 Å². The van der Waals surface area contributed by atoms with Crippen LogP contribution < -0.4 is 14.8 Å². The third-order valence-corrected chi connectivity index (χ3v) is 4.92. The predicted molar refractivity (Wildman–Crippen MR) is 106 cm³/mol. The molecule has 0 spiro atoms. The summed E-state index contributed by atoms with van der Waals surface area (Å²) in [6, 6.07) is 13.1. The van der Waals surface area contributed by atoms with E-state index < -0.39 is 0 Å². The molecule has 2 aromatic carbocycles. The summed E-state index contributed by atoms with van der Waals surface area (Å²) in [5.41, 5.74) is 2.35. The maximum absolute atomic E-state index is 12.9. The fraction of sp³-hybridized carbons (Fsp3) is 0.200. The molecule has 7 heteroatoms. The van der Waals surface area contributed by atoms with Crippen molar-refractivity contribution in [3.05, 3.63) is 64.9 Å². The summed E-state index contributed by atoms with van der Waals surface area (Å²) >= 11 is 3.46. The predicted octanol–water partition coefficient (Wildman–Crippen LogP) is 4.15. The number of benzene rings is 2. The molecular formula is C20H18BrN3O3. The van der Waals surface area contributed by atoms with Gasteiger partial charge < -0.3 is 14.8 Å². The highest BCUT2D eigenvalue weighted by Gasteiger charge is 2.20. The number of halogens is 1. The number of aromatic nitrogens is 2. The largest absolute Gasteiger partial charge is 0.486 e. The summed E-state index contributed by atoms with van der Waals surface area (Å²) in [7, 11) is 0. The van der Waals surface area contributed by atoms with Gasteiger partial charge in [-0.3, -0.25) is 4.79 Å². The van der Waals surface area contributed by atoms with E-state index in [1.165, 1.54) is 0 Å². The van der Waals surface area contributed by atoms with Crippen LogP contribution >= 0.6 is 15.9 Å². The van der Waals surface area contributed by atoms with E-state index in [0.717, 1.165) is 15.7 Å². The summed E-state index contributed by atoms with van der Waals surface area (Å²) in [5.74, 6) is 0.923. The van der Waals surface area contributed by atoms with Gasteiger partial charge in [0.15, 0.2) is 11.5 Å². The molecule has 1 aliphatic heterocycles. The first-order chi connectivity index (χ1) is 13.1. The van der Waals surface area contributed by atoms with Gasteiger partial charge in [0.2, 0.25) is 5.91 Å². The molecule has 3 aromatic rings. The summed E-state index contributed by atoms with van der Waals surface area (Å²) in [6.45, 7) is 2.93. The molecule has 0 fully saturated rings. The lowest BCUT2D eigenvalue weighted by atomic mass is 9.99. The fourth-order valence-electron chi connectivity index (χ4n) is 2.94. The molecule has 0 bridgehead atoms. The average Bonchev–Trinajstić information content (AvgIpc) is 3.21. The molecular weight excluding hydrogens is 410 g/mol. The second-order valence-corrected chi connectivity index (χ2v) is 7.14. The van der Waals surface area contributed by atoms with Crippen molar-refractivity contribution in [3.8, 4) is 17.2 Å². The Morgan fingerprint density at radius 1 is 1.19 bits per heavy atom. The van der Waals surface area contributed by atoms with Crippen LogP contribution in [-0.2, 0) is 4.79 Å². The third-order valence-electron chi connectivity index (χ3n) is 4.43. The van der Waals surface area contributed by atoms with Crippen molar-refractivity contribution in [2.24, 2.45) is 0 Å². The van der Waals surface area contributed by atoms with Crippen molar-refractivity contribution in [2.45, 2.75) is 12.8 Å². The minimum Gasteiger partial charge on any atom is -0.486 e. The number of carbonyl (C=O) groups excluding carboxylic acids is 1. The third kappa shape index (κ3) is 3.68. The first-order valence-corrected chi connectivity index (χ1v) is 9.41. The number of amides is 1. The van der Waals surface area contributed by atoms with Gasteiger partial charge in [-0.15, -0.1) is 0 Å². The Morgan fingerprint density at radius 2 is 2.00 bits per heavy atom. The molecule has 0 aliphatic carbocycles. The lowest BCUT2D eigenvalue weighted by molar-refractivity contribution is -0.117. The standard InChI is InChI=1S/C20H18BrN3O3/c1-13(14-3-6-18-19(11-14)27-10-9-26-18)20(25)23-16-12-15(21)4-5-17(16)24-8-2-7-22-24/h2-8,11-13H,9-10H2,1H3,(H,23,25). The highest BCUT2D eigenvalue weighted by Crippen LogP contribution is 2.34. The van der Waals surface area contributed by atoms with Gasteiger partial charge in [-0.1, -0.05) is 22.0 Å². The van der Waals surface area contributed by atoms with Crippen LogP contribution in [0.5, 0.6) is 11.5 Å². The van der Waals surface area contributed by atoms with Crippen LogP contribution in [0.4, 0.5) is 5.69 Å². The van der Waals surface area contributed by atoms with E-state index in [2.05, 4.69) is 26.3 Å². The smallest absolute Gasteiger partial charge is 0.231 e. The van der Waals surface area contributed by atoms with Crippen LogP contribution in [0.2, 0.25) is 0 Å². The molecule has 1 atom stereocenters. The van der Waals surface area contributed by atoms with Gasteiger partial charge in [0, 0.05) is 16.9 Å². The first-order valence-electron chi connectivity index (χ1n) is 8.62. The number of ether oxygens (including phenoxy) is 2. The monoisotopic (exact) mass is 427 g/mol. The molecule has 1 aliphatic rings. The number of carbonyl (C=O) groups is 1. The zero-order valence-electron chi connectivity index (χ0n) is 14.7. The average molecular weight is 428 g/mol. The number of nitrogens with one attached hydrogen (secondary N) is 1. The lowest BCUT2D eigenvalue weighted by Gasteiger charge is -2.21. The van der Waals surface area contributed by atoms with Gasteiger partial charge in [0.05, 0.1) is 17.3 Å². The summed E-state index contributed by atoms with van der Waals surface area (Å²) < 4.78 is 13.8. The van der Waals surface area contributed by atoms with Gasteiger partial charge in [-0.2, -0.15) is 5.10 Å². The van der Waals surface area contributed by atoms with E-state index >= 15 is 0 Å². The number of hydrogen-bond acceptors (Lipinski definition) is 4. The fourth-order valence-corrected chi connectivity index (χ4v) is 3.30. The van der Waals surface area contributed by atoms with Crippen molar-refractivity contribution in [1.82, 2.24) is 9.78 Å². The maximum Gasteiger partial charge on any atom is 0.231 e. The van der Waals surface area contributed by atoms with Crippen molar-refractivity contribution in [3.63, 3.8) is 0 Å². The van der Waals surface area contributed by atoms with E-state index in [4.69, 9.17) is 9.47 Å². The second kappa shape index (κ2) is 7.44. The number of anilines is 1. The van der Waals surface area contributed by atoms with E-state index in [0.29, 0.717) is 30.4 Å². The van der Waals surface area contributed by atoms with Gasteiger partial charge in [-0.05, 0) is 48.9 Å². The minimum atomic E-state index is -0.356. The summed E-state index contributed by atoms with van der Waals surface area (Å²) in [5, 5.41) is 7.27. The quantitative estimate of drug-likeness (QED) is 0.678. The lowest BCUT2D eigenvalue weighted by Crippen LogP contribution is -2.21. The van der Waals surface area contributed by atoms with Crippen molar-refractivity contribution < 1.29 is 14.3 Å². The Kier molecular flexibility index (Phi) is 4.85. The zero-order chi connectivity index (χ0) is 18.8. The van der Waals surface area contributed by atoms with Gasteiger partial charge >= 0.3 is 0 Å². The van der Waals surface area contributed by atoms with E-state index in [1.54, 1.807) is 10.9 Å². The summed E-state index contributed by atoms with van der Waals surface area (Å²) in [4.78, 5) is 12.9. The molecule has 1 amide bonds. The Balaban J connectivity index is 1.58. The number of rotatable bonds is 4. The van der Waals surface area contributed by atoms with E-state index in [-0.39, 0.29) is 11.8 Å². The van der Waals surface area contributed by atoms with Crippen molar-refractivity contribution >= 4 is 27.5 Å². The molecule has 1 aromatic heterocycles. The second-order valence-electron chi connectivity index (χ2n) is 6.23. The molecule has 6 nitrogen and oxygen atoms in total. The maximum atomic E-state index is 12.9. The minimum absolute atomic E-state index is 0.113. The van der Waals surface area contributed by atoms with Crippen LogP contribution in [0, 0.1) is 0 Å². The molecule has 27 heavy (non-hydrogen) atoms. The topological polar surface area (TPSA) is 65.4 Å². The molecule has 138 valence electrons. The van der Waals surface area contributed by atoms with Crippen molar-refractivity contribution in [1.29, 1.82) is 0 Å². The van der Waals surface area contributed by atoms with Crippen LogP contribution in [0.15, 0.2) is 59.3 Å². The number of hydrogen-bond donors (Lipinski definition) is 1. The first kappa shape index (κ1) is 17.6. The zero-order valence-corrected chi connectivity index (χ0v) is 16.3. The van der Waals surface area contributed by atoms with Gasteiger partial charge in [0.1, 0.15) is 13.2 Å². The normalized spacial score (nSPS) is 13.9. The molecule has 4 rings (SSSR count). The van der Waals surface area contributed by atoms with E-state index in [9.17, 15) is 4.79 Å². The van der Waals surface area contributed by atoms with Crippen LogP contribution in [0.25, 0.3) is 5.69 Å². The Hall–Kier alpha value is -2.80. The highest BCUT2D eigenvalue weighted by molar-refractivity contribution is 9.10. The van der Waals surface area contributed by atoms with E-state index in [1.807, 2.05) is 55.6 Å². The number of nitrogens with zero attached hydrogens (tertiary/aromatic N) is 2. The van der Waals surface area contributed by atoms with Crippen LogP contribution in [-0.4, -0.2) is 28.9 Å². The Bertz CT molecular complexity index is 973. The SMILES string of the molecule is CC(C(=O)Nc1cc(Br)ccc1-n1cccn1)c1ccc2c(c1)OCCO2. The molecule has 2 heterocycles. The molecule has 1 N–H and O–H groups in total. The molecule has 0 saturated heterocycles. The Morgan fingerprint density at radius 3 is 2.78 bits per heavy atom. The van der Waals surface area contributed by atoms with Crippen molar-refractivity contribution in [2.75, 3.05) is 18.5 Å². The summed E-state index contributed by atoms with van der Waals surface area (Å²) in [6.07, 6.45) is 3.54. The Labute approximate surface area is 165 Å². The van der Waals surface area contributed by atoms with Crippen LogP contribution in [0.3, 0.4) is 0 Å². The van der Waals surface area contributed by atoms with Crippen LogP contribution in [0.1, 0.15) is 18.4 Å². The molecule has 0 radical (unpaired) electrons. The number of fused-ring (bicyclic) bond motifs is 1.